The molecular weight excluding hydrogens is 308 g/mol. The van der Waals surface area contributed by atoms with Gasteiger partial charge < -0.3 is 5.32 Å². The Morgan fingerprint density at radius 2 is 2.00 bits per heavy atom. The number of aryl methyl sites for hydroxylation is 3. The second-order valence-corrected chi connectivity index (χ2v) is 5.54. The number of rotatable bonds is 4. The predicted molar refractivity (Wildman–Crippen MR) is 89.7 cm³/mol. The van der Waals surface area contributed by atoms with Gasteiger partial charge >= 0.3 is 0 Å². The Bertz CT molecular complexity index is 919. The van der Waals surface area contributed by atoms with Crippen molar-refractivity contribution in [2.45, 2.75) is 20.8 Å². The first-order valence-corrected chi connectivity index (χ1v) is 7.32. The van der Waals surface area contributed by atoms with Gasteiger partial charge in [0.25, 0.3) is 5.69 Å². The van der Waals surface area contributed by atoms with Crippen LogP contribution in [-0.2, 0) is 0 Å². The molecular formula is C16H16N6O2. The summed E-state index contributed by atoms with van der Waals surface area (Å²) in [4.78, 5) is 19.3. The number of aromatic nitrogens is 4. The van der Waals surface area contributed by atoms with Crippen molar-refractivity contribution >= 4 is 17.3 Å². The number of nitro groups is 1. The fourth-order valence-electron chi connectivity index (χ4n) is 2.33. The summed E-state index contributed by atoms with van der Waals surface area (Å²) in [6.45, 7) is 5.60. The van der Waals surface area contributed by atoms with Crippen LogP contribution in [0.3, 0.4) is 0 Å². The first-order chi connectivity index (χ1) is 11.4. The van der Waals surface area contributed by atoms with Gasteiger partial charge in [-0.25, -0.2) is 9.67 Å². The fraction of sp³-hybridized carbons (Fsp3) is 0.188. The van der Waals surface area contributed by atoms with E-state index in [2.05, 4.69) is 20.4 Å². The molecule has 0 atom stereocenters. The van der Waals surface area contributed by atoms with Gasteiger partial charge in [-0.1, -0.05) is 0 Å². The molecule has 122 valence electrons. The number of anilines is 2. The molecule has 8 heteroatoms. The van der Waals surface area contributed by atoms with Crippen molar-refractivity contribution in [2.24, 2.45) is 0 Å². The van der Waals surface area contributed by atoms with Crippen molar-refractivity contribution in [3.63, 3.8) is 0 Å². The monoisotopic (exact) mass is 324 g/mol. The molecule has 0 radical (unpaired) electrons. The van der Waals surface area contributed by atoms with Gasteiger partial charge in [-0.3, -0.25) is 10.1 Å². The van der Waals surface area contributed by atoms with Gasteiger partial charge in [0, 0.05) is 35.8 Å². The highest BCUT2D eigenvalue weighted by Gasteiger charge is 2.11. The van der Waals surface area contributed by atoms with E-state index in [4.69, 9.17) is 0 Å². The molecule has 24 heavy (non-hydrogen) atoms. The van der Waals surface area contributed by atoms with Gasteiger partial charge in [0.1, 0.15) is 0 Å². The standard InChI is InChI=1S/C16H16N6O2/c1-10-6-13(8-14(7-10)22(23)24)18-16-17-9-11(2)15(19-16)21-5-4-12(3)20-21/h4-9H,1-3H3,(H,17,18,19). The molecule has 0 saturated carbocycles. The summed E-state index contributed by atoms with van der Waals surface area (Å²) in [6, 6.07) is 6.65. The van der Waals surface area contributed by atoms with E-state index in [1.165, 1.54) is 12.1 Å². The number of hydrogen-bond acceptors (Lipinski definition) is 6. The van der Waals surface area contributed by atoms with E-state index in [-0.39, 0.29) is 5.69 Å². The van der Waals surface area contributed by atoms with Gasteiger partial charge in [-0.05, 0) is 38.5 Å². The molecule has 0 saturated heterocycles. The second-order valence-electron chi connectivity index (χ2n) is 5.54. The molecule has 0 aliphatic rings. The smallest absolute Gasteiger partial charge is 0.271 e. The lowest BCUT2D eigenvalue weighted by Gasteiger charge is -2.09. The molecule has 2 aromatic heterocycles. The SMILES string of the molecule is Cc1cc(Nc2ncc(C)c(-n3ccc(C)n3)n2)cc([N+](=O)[O-])c1. The molecule has 1 aromatic carbocycles. The van der Waals surface area contributed by atoms with Crippen LogP contribution in [0, 0.1) is 30.9 Å². The summed E-state index contributed by atoms with van der Waals surface area (Å²) in [6.07, 6.45) is 3.51. The van der Waals surface area contributed by atoms with Crippen molar-refractivity contribution in [1.29, 1.82) is 0 Å². The van der Waals surface area contributed by atoms with E-state index >= 15 is 0 Å². The van der Waals surface area contributed by atoms with Gasteiger partial charge in [0.15, 0.2) is 5.82 Å². The summed E-state index contributed by atoms with van der Waals surface area (Å²) in [7, 11) is 0. The van der Waals surface area contributed by atoms with Crippen LogP contribution in [0.25, 0.3) is 5.82 Å². The maximum Gasteiger partial charge on any atom is 0.271 e. The van der Waals surface area contributed by atoms with E-state index < -0.39 is 4.92 Å². The van der Waals surface area contributed by atoms with E-state index in [1.54, 1.807) is 23.9 Å². The molecule has 0 unspecified atom stereocenters. The van der Waals surface area contributed by atoms with E-state index in [9.17, 15) is 10.1 Å². The Hall–Kier alpha value is -3.29. The molecule has 0 fully saturated rings. The maximum atomic E-state index is 11.0. The van der Waals surface area contributed by atoms with E-state index in [0.717, 1.165) is 16.8 Å². The third-order valence-electron chi connectivity index (χ3n) is 3.41. The number of nitro benzene ring substituents is 1. The Balaban J connectivity index is 1.95. The largest absolute Gasteiger partial charge is 0.324 e. The number of benzene rings is 1. The van der Waals surface area contributed by atoms with Crippen LogP contribution in [0.4, 0.5) is 17.3 Å². The van der Waals surface area contributed by atoms with Crippen molar-refractivity contribution in [2.75, 3.05) is 5.32 Å². The van der Waals surface area contributed by atoms with Crippen LogP contribution in [0.2, 0.25) is 0 Å². The highest BCUT2D eigenvalue weighted by Crippen LogP contribution is 2.23. The van der Waals surface area contributed by atoms with Crippen molar-refractivity contribution < 1.29 is 4.92 Å². The summed E-state index contributed by atoms with van der Waals surface area (Å²) in [5.74, 6) is 1.01. The van der Waals surface area contributed by atoms with E-state index in [0.29, 0.717) is 17.5 Å². The molecule has 3 aromatic rings. The zero-order valence-electron chi connectivity index (χ0n) is 13.5. The summed E-state index contributed by atoms with van der Waals surface area (Å²) < 4.78 is 1.68. The molecule has 8 nitrogen and oxygen atoms in total. The Morgan fingerprint density at radius 1 is 1.21 bits per heavy atom. The molecule has 2 heterocycles. The minimum absolute atomic E-state index is 0.0209. The highest BCUT2D eigenvalue weighted by molar-refractivity contribution is 5.60. The molecule has 0 aliphatic heterocycles. The molecule has 0 bridgehead atoms. The molecule has 0 spiro atoms. The topological polar surface area (TPSA) is 98.8 Å². The molecule has 3 rings (SSSR count). The average Bonchev–Trinajstić information content (AvgIpc) is 2.95. The zero-order chi connectivity index (χ0) is 17.3. The third-order valence-corrected chi connectivity index (χ3v) is 3.41. The zero-order valence-corrected chi connectivity index (χ0v) is 13.5. The summed E-state index contributed by atoms with van der Waals surface area (Å²) in [5, 5.41) is 18.3. The first kappa shape index (κ1) is 15.6. The predicted octanol–water partition coefficient (Wildman–Crippen LogP) is 3.24. The van der Waals surface area contributed by atoms with Gasteiger partial charge in [-0.15, -0.1) is 0 Å². The Labute approximate surface area is 138 Å². The van der Waals surface area contributed by atoms with Crippen LogP contribution < -0.4 is 5.32 Å². The molecule has 1 N–H and O–H groups in total. The lowest BCUT2D eigenvalue weighted by atomic mass is 10.2. The number of nitrogens with zero attached hydrogens (tertiary/aromatic N) is 5. The summed E-state index contributed by atoms with van der Waals surface area (Å²) in [5.41, 5.74) is 3.12. The average molecular weight is 324 g/mol. The number of nitrogens with one attached hydrogen (secondary N) is 1. The van der Waals surface area contributed by atoms with Crippen molar-refractivity contribution in [3.05, 3.63) is 63.6 Å². The second kappa shape index (κ2) is 6.07. The quantitative estimate of drug-likeness (QED) is 0.584. The third kappa shape index (κ3) is 3.22. The van der Waals surface area contributed by atoms with Crippen LogP contribution >= 0.6 is 0 Å². The lowest BCUT2D eigenvalue weighted by molar-refractivity contribution is -0.384. The lowest BCUT2D eigenvalue weighted by Crippen LogP contribution is -2.06. The molecule has 0 aliphatic carbocycles. The first-order valence-electron chi connectivity index (χ1n) is 7.32. The summed E-state index contributed by atoms with van der Waals surface area (Å²) >= 11 is 0. The normalized spacial score (nSPS) is 10.6. The van der Waals surface area contributed by atoms with Crippen LogP contribution in [0.1, 0.15) is 16.8 Å². The minimum atomic E-state index is -0.424. The van der Waals surface area contributed by atoms with Crippen molar-refractivity contribution in [1.82, 2.24) is 19.7 Å². The Morgan fingerprint density at radius 3 is 2.67 bits per heavy atom. The van der Waals surface area contributed by atoms with Crippen LogP contribution in [0.5, 0.6) is 0 Å². The van der Waals surface area contributed by atoms with Crippen LogP contribution in [0.15, 0.2) is 36.7 Å². The highest BCUT2D eigenvalue weighted by atomic mass is 16.6. The van der Waals surface area contributed by atoms with Crippen LogP contribution in [-0.4, -0.2) is 24.7 Å². The van der Waals surface area contributed by atoms with Gasteiger partial charge in [0.05, 0.1) is 10.6 Å². The molecule has 0 amide bonds. The van der Waals surface area contributed by atoms with Crippen molar-refractivity contribution in [3.8, 4) is 5.82 Å². The maximum absolute atomic E-state index is 11.0. The Kier molecular flexibility index (Phi) is 3.95. The number of non-ortho nitro benzene ring substituents is 1. The fourth-order valence-corrected chi connectivity index (χ4v) is 2.33. The number of hydrogen-bond donors (Lipinski definition) is 1. The van der Waals surface area contributed by atoms with Gasteiger partial charge in [0.2, 0.25) is 5.95 Å². The minimum Gasteiger partial charge on any atom is -0.324 e. The van der Waals surface area contributed by atoms with E-state index in [1.807, 2.05) is 26.1 Å². The van der Waals surface area contributed by atoms with Gasteiger partial charge in [-0.2, -0.15) is 10.1 Å².